The van der Waals surface area contributed by atoms with Gasteiger partial charge in [0.25, 0.3) is 0 Å². The number of anilines is 1. The SMILES string of the molecule is Cc1cc(CN)nc(N2CCCC(C(C)(C)C)CC2)n1. The second-order valence-corrected chi connectivity index (χ2v) is 6.99. The van der Waals surface area contributed by atoms with Crippen molar-refractivity contribution >= 4 is 5.95 Å². The summed E-state index contributed by atoms with van der Waals surface area (Å²) in [4.78, 5) is 11.5. The zero-order chi connectivity index (χ0) is 14.8. The van der Waals surface area contributed by atoms with Crippen LogP contribution in [0, 0.1) is 18.3 Å². The quantitative estimate of drug-likeness (QED) is 0.902. The minimum atomic E-state index is 0.395. The monoisotopic (exact) mass is 276 g/mol. The molecule has 1 aliphatic rings. The van der Waals surface area contributed by atoms with Gasteiger partial charge in [0.15, 0.2) is 0 Å². The molecule has 1 unspecified atom stereocenters. The second-order valence-electron chi connectivity index (χ2n) is 6.99. The van der Waals surface area contributed by atoms with Gasteiger partial charge < -0.3 is 10.6 Å². The standard InChI is InChI=1S/C16H28N4/c1-12-10-14(11-17)19-15(18-12)20-8-5-6-13(7-9-20)16(2,3)4/h10,13H,5-9,11,17H2,1-4H3. The molecule has 1 aromatic rings. The van der Waals surface area contributed by atoms with Crippen LogP contribution in [0.1, 0.15) is 51.4 Å². The van der Waals surface area contributed by atoms with Crippen LogP contribution in [-0.2, 0) is 6.54 Å². The first-order valence-electron chi connectivity index (χ1n) is 7.69. The first-order valence-corrected chi connectivity index (χ1v) is 7.69. The van der Waals surface area contributed by atoms with Crippen molar-refractivity contribution in [2.45, 2.75) is 53.5 Å². The molecule has 1 fully saturated rings. The van der Waals surface area contributed by atoms with E-state index in [1.165, 1.54) is 19.3 Å². The summed E-state index contributed by atoms with van der Waals surface area (Å²) < 4.78 is 0. The van der Waals surface area contributed by atoms with Gasteiger partial charge in [0, 0.05) is 25.3 Å². The Morgan fingerprint density at radius 2 is 2.00 bits per heavy atom. The molecule has 0 saturated carbocycles. The Bertz CT molecular complexity index is 450. The molecule has 1 aliphatic heterocycles. The molecular formula is C16H28N4. The van der Waals surface area contributed by atoms with E-state index >= 15 is 0 Å². The Morgan fingerprint density at radius 1 is 1.25 bits per heavy atom. The molecule has 0 spiro atoms. The molecule has 1 saturated heterocycles. The molecule has 1 atom stereocenters. The maximum atomic E-state index is 5.72. The summed E-state index contributed by atoms with van der Waals surface area (Å²) in [6.45, 7) is 11.7. The number of nitrogens with zero attached hydrogens (tertiary/aromatic N) is 3. The van der Waals surface area contributed by atoms with Gasteiger partial charge in [0.2, 0.25) is 5.95 Å². The first-order chi connectivity index (χ1) is 9.40. The summed E-state index contributed by atoms with van der Waals surface area (Å²) in [7, 11) is 0. The van der Waals surface area contributed by atoms with E-state index in [4.69, 9.17) is 5.73 Å². The van der Waals surface area contributed by atoms with Gasteiger partial charge in [0.1, 0.15) is 0 Å². The molecular weight excluding hydrogens is 248 g/mol. The highest BCUT2D eigenvalue weighted by Crippen LogP contribution is 2.34. The number of nitrogens with two attached hydrogens (primary N) is 1. The maximum absolute atomic E-state index is 5.72. The van der Waals surface area contributed by atoms with Crippen LogP contribution in [0.4, 0.5) is 5.95 Å². The van der Waals surface area contributed by atoms with E-state index in [-0.39, 0.29) is 0 Å². The lowest BCUT2D eigenvalue weighted by molar-refractivity contribution is 0.220. The summed E-state index contributed by atoms with van der Waals surface area (Å²) in [6, 6.07) is 1.97. The number of hydrogen-bond acceptors (Lipinski definition) is 4. The number of aryl methyl sites for hydroxylation is 1. The number of aromatic nitrogens is 2. The highest BCUT2D eigenvalue weighted by atomic mass is 15.2. The minimum absolute atomic E-state index is 0.395. The fourth-order valence-corrected chi connectivity index (χ4v) is 3.03. The fourth-order valence-electron chi connectivity index (χ4n) is 3.03. The Morgan fingerprint density at radius 3 is 2.65 bits per heavy atom. The Kier molecular flexibility index (Phi) is 4.63. The van der Waals surface area contributed by atoms with Crippen LogP contribution in [0.2, 0.25) is 0 Å². The highest BCUT2D eigenvalue weighted by Gasteiger charge is 2.27. The molecule has 0 bridgehead atoms. The molecule has 0 aromatic carbocycles. The minimum Gasteiger partial charge on any atom is -0.341 e. The van der Waals surface area contributed by atoms with Crippen molar-refractivity contribution in [1.82, 2.24) is 9.97 Å². The summed E-state index contributed by atoms with van der Waals surface area (Å²) in [5, 5.41) is 0. The van der Waals surface area contributed by atoms with Crippen molar-refractivity contribution in [3.63, 3.8) is 0 Å². The molecule has 20 heavy (non-hydrogen) atoms. The van der Waals surface area contributed by atoms with Gasteiger partial charge in [0.05, 0.1) is 5.69 Å². The van der Waals surface area contributed by atoms with E-state index in [1.54, 1.807) is 0 Å². The topological polar surface area (TPSA) is 55.0 Å². The zero-order valence-corrected chi connectivity index (χ0v) is 13.3. The largest absolute Gasteiger partial charge is 0.341 e. The van der Waals surface area contributed by atoms with E-state index in [1.807, 2.05) is 13.0 Å². The van der Waals surface area contributed by atoms with Crippen LogP contribution < -0.4 is 10.6 Å². The summed E-state index contributed by atoms with van der Waals surface area (Å²) >= 11 is 0. The molecule has 0 aliphatic carbocycles. The van der Waals surface area contributed by atoms with Gasteiger partial charge >= 0.3 is 0 Å². The number of rotatable bonds is 2. The van der Waals surface area contributed by atoms with E-state index in [2.05, 4.69) is 35.6 Å². The van der Waals surface area contributed by atoms with E-state index in [0.29, 0.717) is 12.0 Å². The second kappa shape index (κ2) is 6.08. The van der Waals surface area contributed by atoms with Crippen LogP contribution in [-0.4, -0.2) is 23.1 Å². The number of hydrogen-bond donors (Lipinski definition) is 1. The van der Waals surface area contributed by atoms with Crippen LogP contribution in [0.25, 0.3) is 0 Å². The Balaban J connectivity index is 2.12. The summed E-state index contributed by atoms with van der Waals surface area (Å²) in [6.07, 6.45) is 3.74. The van der Waals surface area contributed by atoms with Gasteiger partial charge in [-0.05, 0) is 43.6 Å². The van der Waals surface area contributed by atoms with Gasteiger partial charge in [-0.3, -0.25) is 0 Å². The molecule has 4 nitrogen and oxygen atoms in total. The van der Waals surface area contributed by atoms with Crippen molar-refractivity contribution in [1.29, 1.82) is 0 Å². The first kappa shape index (κ1) is 15.2. The van der Waals surface area contributed by atoms with Gasteiger partial charge in [-0.2, -0.15) is 0 Å². The lowest BCUT2D eigenvalue weighted by atomic mass is 9.77. The van der Waals surface area contributed by atoms with Crippen LogP contribution >= 0.6 is 0 Å². The molecule has 1 aromatic heterocycles. The highest BCUT2D eigenvalue weighted by molar-refractivity contribution is 5.32. The molecule has 0 radical (unpaired) electrons. The average molecular weight is 276 g/mol. The molecule has 2 rings (SSSR count). The third-order valence-electron chi connectivity index (χ3n) is 4.34. The fraction of sp³-hybridized carbons (Fsp3) is 0.750. The molecule has 2 heterocycles. The summed E-state index contributed by atoms with van der Waals surface area (Å²) in [5.74, 6) is 1.64. The van der Waals surface area contributed by atoms with Crippen molar-refractivity contribution in [2.75, 3.05) is 18.0 Å². The van der Waals surface area contributed by atoms with E-state index in [9.17, 15) is 0 Å². The van der Waals surface area contributed by atoms with Gasteiger partial charge in [-0.15, -0.1) is 0 Å². The maximum Gasteiger partial charge on any atom is 0.225 e. The molecule has 112 valence electrons. The van der Waals surface area contributed by atoms with Crippen LogP contribution in [0.15, 0.2) is 6.07 Å². The van der Waals surface area contributed by atoms with Gasteiger partial charge in [-0.25, -0.2) is 9.97 Å². The summed E-state index contributed by atoms with van der Waals surface area (Å²) in [5.41, 5.74) is 8.05. The van der Waals surface area contributed by atoms with E-state index in [0.717, 1.165) is 36.3 Å². The van der Waals surface area contributed by atoms with Gasteiger partial charge in [-0.1, -0.05) is 20.8 Å². The third kappa shape index (κ3) is 3.69. The lowest BCUT2D eigenvalue weighted by Crippen LogP contribution is -2.28. The zero-order valence-electron chi connectivity index (χ0n) is 13.3. The van der Waals surface area contributed by atoms with Crippen molar-refractivity contribution in [2.24, 2.45) is 17.1 Å². The van der Waals surface area contributed by atoms with Crippen molar-refractivity contribution in [3.8, 4) is 0 Å². The lowest BCUT2D eigenvalue weighted by Gasteiger charge is -2.29. The predicted octanol–water partition coefficient (Wildman–Crippen LogP) is 2.90. The van der Waals surface area contributed by atoms with E-state index < -0.39 is 0 Å². The molecule has 0 amide bonds. The normalized spacial score (nSPS) is 20.9. The Labute approximate surface area is 122 Å². The van der Waals surface area contributed by atoms with Crippen LogP contribution in [0.5, 0.6) is 0 Å². The van der Waals surface area contributed by atoms with Crippen molar-refractivity contribution < 1.29 is 0 Å². The Hall–Kier alpha value is -1.16. The smallest absolute Gasteiger partial charge is 0.225 e. The molecule has 2 N–H and O–H groups in total. The third-order valence-corrected chi connectivity index (χ3v) is 4.34. The average Bonchev–Trinajstić information content (AvgIpc) is 2.63. The van der Waals surface area contributed by atoms with Crippen molar-refractivity contribution in [3.05, 3.63) is 17.5 Å². The molecule has 4 heteroatoms. The van der Waals surface area contributed by atoms with Crippen LogP contribution in [0.3, 0.4) is 0 Å². The predicted molar refractivity (Wildman–Crippen MR) is 83.7 cm³/mol.